The van der Waals surface area contributed by atoms with Crippen molar-refractivity contribution in [2.75, 3.05) is 0 Å². The summed E-state index contributed by atoms with van der Waals surface area (Å²) in [6.45, 7) is 12.2. The molecule has 0 spiro atoms. The summed E-state index contributed by atoms with van der Waals surface area (Å²) in [7, 11) is 0. The van der Waals surface area contributed by atoms with Gasteiger partial charge in [0.05, 0.1) is 17.8 Å². The van der Waals surface area contributed by atoms with Crippen LogP contribution in [0.1, 0.15) is 53.4 Å². The van der Waals surface area contributed by atoms with Gasteiger partial charge in [-0.3, -0.25) is 0 Å². The average molecular weight is 238 g/mol. The molecule has 1 N–H and O–H groups in total. The summed E-state index contributed by atoms with van der Waals surface area (Å²) >= 11 is 0. The molecule has 2 heteroatoms. The minimum Gasteiger partial charge on any atom is -0.390 e. The van der Waals surface area contributed by atoms with Crippen molar-refractivity contribution in [3.63, 3.8) is 0 Å². The van der Waals surface area contributed by atoms with Gasteiger partial charge in [-0.15, -0.1) is 0 Å². The van der Waals surface area contributed by atoms with Gasteiger partial charge in [-0.1, -0.05) is 23.8 Å². The van der Waals surface area contributed by atoms with Gasteiger partial charge in [0, 0.05) is 0 Å². The number of hydrogen-bond donors (Lipinski definition) is 1. The van der Waals surface area contributed by atoms with E-state index >= 15 is 0 Å². The molecule has 1 aliphatic heterocycles. The summed E-state index contributed by atoms with van der Waals surface area (Å²) in [6.07, 6.45) is 5.46. The fourth-order valence-corrected chi connectivity index (χ4v) is 2.30. The van der Waals surface area contributed by atoms with Crippen LogP contribution in [-0.2, 0) is 4.74 Å². The first-order chi connectivity index (χ1) is 7.85. The van der Waals surface area contributed by atoms with Gasteiger partial charge in [-0.25, -0.2) is 0 Å². The fourth-order valence-electron chi connectivity index (χ4n) is 2.30. The monoisotopic (exact) mass is 238 g/mol. The van der Waals surface area contributed by atoms with Crippen LogP contribution in [0, 0.1) is 0 Å². The molecule has 3 atom stereocenters. The van der Waals surface area contributed by atoms with Crippen LogP contribution >= 0.6 is 0 Å². The first-order valence-corrected chi connectivity index (χ1v) is 6.50. The number of allylic oxidation sites excluding steroid dienone is 2. The molecule has 0 saturated carbocycles. The Bertz CT molecular complexity index is 302. The van der Waals surface area contributed by atoms with E-state index in [2.05, 4.69) is 26.5 Å². The lowest BCUT2D eigenvalue weighted by Gasteiger charge is -2.43. The third-order valence-corrected chi connectivity index (χ3v) is 3.56. The number of rotatable bonds is 4. The minimum atomic E-state index is -0.423. The Morgan fingerprint density at radius 1 is 1.41 bits per heavy atom. The lowest BCUT2D eigenvalue weighted by atomic mass is 9.85. The quantitative estimate of drug-likeness (QED) is 0.758. The predicted octanol–water partition coefficient (Wildman–Crippen LogP) is 3.61. The third kappa shape index (κ3) is 3.97. The number of aliphatic hydroxyl groups excluding tert-OH is 1. The smallest absolute Gasteiger partial charge is 0.0923 e. The Morgan fingerprint density at radius 2 is 2.06 bits per heavy atom. The van der Waals surface area contributed by atoms with Gasteiger partial charge in [-0.2, -0.15) is 0 Å². The van der Waals surface area contributed by atoms with Crippen molar-refractivity contribution in [1.82, 2.24) is 0 Å². The van der Waals surface area contributed by atoms with Crippen molar-refractivity contribution in [3.05, 3.63) is 23.8 Å². The highest BCUT2D eigenvalue weighted by molar-refractivity contribution is 5.04. The van der Waals surface area contributed by atoms with Gasteiger partial charge in [0.2, 0.25) is 0 Å². The first kappa shape index (κ1) is 14.5. The molecule has 0 radical (unpaired) electrons. The molecular weight excluding hydrogens is 212 g/mol. The van der Waals surface area contributed by atoms with Crippen LogP contribution in [0.2, 0.25) is 0 Å². The van der Waals surface area contributed by atoms with Gasteiger partial charge in [0.15, 0.2) is 0 Å². The molecule has 1 rings (SSSR count). The Kier molecular flexibility index (Phi) is 4.96. The van der Waals surface area contributed by atoms with Crippen LogP contribution in [0.4, 0.5) is 0 Å². The molecule has 0 unspecified atom stereocenters. The number of ether oxygens (including phenoxy) is 1. The van der Waals surface area contributed by atoms with Crippen LogP contribution in [-0.4, -0.2) is 22.9 Å². The van der Waals surface area contributed by atoms with Crippen molar-refractivity contribution in [2.45, 2.75) is 71.2 Å². The molecule has 1 heterocycles. The van der Waals surface area contributed by atoms with Crippen LogP contribution in [0.3, 0.4) is 0 Å². The predicted molar refractivity (Wildman–Crippen MR) is 72.0 cm³/mol. The van der Waals surface area contributed by atoms with Gasteiger partial charge in [0.1, 0.15) is 0 Å². The highest BCUT2D eigenvalue weighted by Gasteiger charge is 2.39. The molecule has 2 nitrogen and oxygen atoms in total. The van der Waals surface area contributed by atoms with E-state index in [4.69, 9.17) is 4.74 Å². The molecule has 0 aliphatic carbocycles. The van der Waals surface area contributed by atoms with Crippen LogP contribution in [0.15, 0.2) is 23.8 Å². The number of hydrogen-bond acceptors (Lipinski definition) is 2. The van der Waals surface area contributed by atoms with E-state index in [1.54, 1.807) is 0 Å². The molecule has 17 heavy (non-hydrogen) atoms. The molecule has 0 bridgehead atoms. The van der Waals surface area contributed by atoms with Crippen molar-refractivity contribution >= 4 is 0 Å². The van der Waals surface area contributed by atoms with E-state index in [0.29, 0.717) is 0 Å². The van der Waals surface area contributed by atoms with E-state index in [0.717, 1.165) is 31.3 Å². The molecule has 1 aliphatic rings. The zero-order chi connectivity index (χ0) is 13.1. The summed E-state index contributed by atoms with van der Waals surface area (Å²) in [5.74, 6) is 0. The van der Waals surface area contributed by atoms with E-state index in [1.807, 2.05) is 13.8 Å². The van der Waals surface area contributed by atoms with Crippen molar-refractivity contribution in [3.8, 4) is 0 Å². The summed E-state index contributed by atoms with van der Waals surface area (Å²) in [5.41, 5.74) is 1.95. The zero-order valence-electron chi connectivity index (χ0n) is 11.6. The SMILES string of the molecule is C=C(C)[C@@H]1CC[C@@H](O)[C@](C)(CCC=C(C)C)O1. The highest BCUT2D eigenvalue weighted by atomic mass is 16.5. The summed E-state index contributed by atoms with van der Waals surface area (Å²) < 4.78 is 6.05. The molecule has 0 aromatic rings. The summed E-state index contributed by atoms with van der Waals surface area (Å²) in [5, 5.41) is 10.1. The highest BCUT2D eigenvalue weighted by Crippen LogP contribution is 2.34. The maximum atomic E-state index is 10.1. The Balaban J connectivity index is 2.63. The van der Waals surface area contributed by atoms with E-state index < -0.39 is 5.60 Å². The maximum Gasteiger partial charge on any atom is 0.0923 e. The molecule has 0 amide bonds. The third-order valence-electron chi connectivity index (χ3n) is 3.56. The minimum absolute atomic E-state index is 0.107. The molecule has 0 aromatic heterocycles. The molecular formula is C15H26O2. The van der Waals surface area contributed by atoms with Crippen molar-refractivity contribution in [1.29, 1.82) is 0 Å². The van der Waals surface area contributed by atoms with Gasteiger partial charge in [-0.05, 0) is 53.4 Å². The molecule has 1 fully saturated rings. The van der Waals surface area contributed by atoms with Crippen LogP contribution in [0.25, 0.3) is 0 Å². The zero-order valence-corrected chi connectivity index (χ0v) is 11.6. The van der Waals surface area contributed by atoms with Gasteiger partial charge < -0.3 is 9.84 Å². The summed E-state index contributed by atoms with van der Waals surface area (Å²) in [4.78, 5) is 0. The average Bonchev–Trinajstić information content (AvgIpc) is 2.21. The van der Waals surface area contributed by atoms with Crippen molar-refractivity contribution in [2.24, 2.45) is 0 Å². The normalized spacial score (nSPS) is 33.2. The van der Waals surface area contributed by atoms with Crippen LogP contribution < -0.4 is 0 Å². The second kappa shape index (κ2) is 5.83. The Morgan fingerprint density at radius 3 is 2.59 bits per heavy atom. The van der Waals surface area contributed by atoms with Gasteiger partial charge >= 0.3 is 0 Å². The maximum absolute atomic E-state index is 10.1. The van der Waals surface area contributed by atoms with E-state index in [1.165, 1.54) is 5.57 Å². The Hall–Kier alpha value is -0.600. The summed E-state index contributed by atoms with van der Waals surface area (Å²) in [6, 6.07) is 0. The Labute approximate surface area is 105 Å². The lowest BCUT2D eigenvalue weighted by Crippen LogP contribution is -2.49. The van der Waals surface area contributed by atoms with Crippen molar-refractivity contribution < 1.29 is 9.84 Å². The molecule has 98 valence electrons. The number of aliphatic hydroxyl groups is 1. The standard InChI is InChI=1S/C15H26O2/c1-11(2)7-6-10-15(5)14(16)9-8-13(17-15)12(3)4/h7,13-14,16H,3,6,8-10H2,1-2,4-5H3/t13-,14+,15-/m0/s1. The van der Waals surface area contributed by atoms with Gasteiger partial charge in [0.25, 0.3) is 0 Å². The second-order valence-electron chi connectivity index (χ2n) is 5.68. The topological polar surface area (TPSA) is 29.5 Å². The lowest BCUT2D eigenvalue weighted by molar-refractivity contribution is -0.172. The molecule has 1 saturated heterocycles. The van der Waals surface area contributed by atoms with Crippen LogP contribution in [0.5, 0.6) is 0 Å². The molecule has 0 aromatic carbocycles. The fraction of sp³-hybridized carbons (Fsp3) is 0.733. The first-order valence-electron chi connectivity index (χ1n) is 6.50. The van der Waals surface area contributed by atoms with E-state index in [9.17, 15) is 5.11 Å². The van der Waals surface area contributed by atoms with E-state index in [-0.39, 0.29) is 12.2 Å². The largest absolute Gasteiger partial charge is 0.390 e. The second-order valence-corrected chi connectivity index (χ2v) is 5.68.